The van der Waals surface area contributed by atoms with Crippen LogP contribution in [0.15, 0.2) is 35.3 Å². The quantitative estimate of drug-likeness (QED) is 0.808. The van der Waals surface area contributed by atoms with E-state index in [1.54, 1.807) is 19.1 Å². The van der Waals surface area contributed by atoms with Crippen molar-refractivity contribution in [2.24, 2.45) is 0 Å². The van der Waals surface area contributed by atoms with Crippen molar-refractivity contribution in [3.05, 3.63) is 45.9 Å². The van der Waals surface area contributed by atoms with E-state index in [-0.39, 0.29) is 0 Å². The van der Waals surface area contributed by atoms with Crippen LogP contribution in [-0.4, -0.2) is 5.11 Å². The molecule has 1 atom stereocenters. The Kier molecular flexibility index (Phi) is 3.17. The molecule has 70 valence electrons. The van der Waals surface area contributed by atoms with Crippen LogP contribution in [0, 0.1) is 0 Å². The van der Waals surface area contributed by atoms with Crippen molar-refractivity contribution < 1.29 is 5.11 Å². The maximum atomic E-state index is 9.85. The topological polar surface area (TPSA) is 20.2 Å². The number of hydrogen-bond donors (Lipinski definition) is 1. The molecule has 0 spiro atoms. The zero-order valence-corrected chi connectivity index (χ0v) is 9.56. The molecule has 1 aromatic rings. The van der Waals surface area contributed by atoms with Crippen molar-refractivity contribution in [2.75, 3.05) is 0 Å². The molecule has 0 aliphatic heterocycles. The van der Waals surface area contributed by atoms with Gasteiger partial charge in [0.25, 0.3) is 0 Å². The molecule has 0 heterocycles. The van der Waals surface area contributed by atoms with Gasteiger partial charge < -0.3 is 5.11 Å². The molecule has 13 heavy (non-hydrogen) atoms. The summed E-state index contributed by atoms with van der Waals surface area (Å²) >= 11 is 9.25. The van der Waals surface area contributed by atoms with Crippen LogP contribution in [-0.2, 0) is 5.60 Å². The molecule has 0 amide bonds. The van der Waals surface area contributed by atoms with Gasteiger partial charge in [0, 0.05) is 15.1 Å². The van der Waals surface area contributed by atoms with E-state index in [2.05, 4.69) is 22.5 Å². The Morgan fingerprint density at radius 1 is 1.62 bits per heavy atom. The van der Waals surface area contributed by atoms with Crippen LogP contribution in [0.25, 0.3) is 0 Å². The molecule has 0 saturated heterocycles. The number of benzene rings is 1. The lowest BCUT2D eigenvalue weighted by Gasteiger charge is -2.20. The molecule has 1 rings (SSSR count). The second-order valence-electron chi connectivity index (χ2n) is 2.98. The van der Waals surface area contributed by atoms with Crippen molar-refractivity contribution in [1.82, 2.24) is 0 Å². The molecule has 0 saturated carbocycles. The number of aliphatic hydroxyl groups is 1. The number of halogens is 2. The summed E-state index contributed by atoms with van der Waals surface area (Å²) < 4.78 is 0.890. The van der Waals surface area contributed by atoms with Gasteiger partial charge in [-0.2, -0.15) is 0 Å². The third kappa shape index (κ3) is 2.33. The fourth-order valence-electron chi connectivity index (χ4n) is 1.01. The predicted molar refractivity (Wildman–Crippen MR) is 58.9 cm³/mol. The Labute approximate surface area is 91.2 Å². The number of rotatable bonds is 2. The second-order valence-corrected chi connectivity index (χ2v) is 4.30. The molecule has 0 radical (unpaired) electrons. The monoisotopic (exact) mass is 260 g/mol. The maximum absolute atomic E-state index is 9.85. The summed E-state index contributed by atoms with van der Waals surface area (Å²) in [6.45, 7) is 5.20. The van der Waals surface area contributed by atoms with Crippen LogP contribution in [0.3, 0.4) is 0 Å². The molecule has 1 aromatic carbocycles. The fraction of sp³-hybridized carbons (Fsp3) is 0.200. The molecule has 0 bridgehead atoms. The normalized spacial score (nSPS) is 15.1. The second kappa shape index (κ2) is 3.82. The van der Waals surface area contributed by atoms with E-state index in [4.69, 9.17) is 11.6 Å². The Balaban J connectivity index is 3.23. The van der Waals surface area contributed by atoms with Crippen molar-refractivity contribution in [2.45, 2.75) is 12.5 Å². The van der Waals surface area contributed by atoms with E-state index in [0.717, 1.165) is 4.47 Å². The first-order valence-corrected chi connectivity index (χ1v) is 4.96. The van der Waals surface area contributed by atoms with Crippen LogP contribution in [0.2, 0.25) is 5.02 Å². The van der Waals surface area contributed by atoms with Crippen molar-refractivity contribution >= 4 is 27.5 Å². The van der Waals surface area contributed by atoms with Gasteiger partial charge in [-0.1, -0.05) is 46.3 Å². The Morgan fingerprint density at radius 3 is 2.69 bits per heavy atom. The molecule has 0 aliphatic rings. The van der Waals surface area contributed by atoms with Crippen LogP contribution in [0.1, 0.15) is 12.5 Å². The Hall–Kier alpha value is -0.310. The van der Waals surface area contributed by atoms with E-state index >= 15 is 0 Å². The minimum Gasteiger partial charge on any atom is -0.381 e. The summed E-state index contributed by atoms with van der Waals surface area (Å²) in [6, 6.07) is 5.35. The molecule has 0 aromatic heterocycles. The van der Waals surface area contributed by atoms with Gasteiger partial charge in [-0.3, -0.25) is 0 Å². The van der Waals surface area contributed by atoms with Crippen molar-refractivity contribution in [3.8, 4) is 0 Å². The first-order valence-electron chi connectivity index (χ1n) is 3.79. The summed E-state index contributed by atoms with van der Waals surface area (Å²) in [4.78, 5) is 0. The third-order valence-corrected chi connectivity index (χ3v) is 2.68. The molecular formula is C10H10BrClO. The van der Waals surface area contributed by atoms with E-state index in [1.807, 2.05) is 6.07 Å². The van der Waals surface area contributed by atoms with Crippen LogP contribution in [0.5, 0.6) is 0 Å². The summed E-state index contributed by atoms with van der Waals surface area (Å²) in [5, 5.41) is 10.4. The molecule has 0 fully saturated rings. The number of hydrogen-bond acceptors (Lipinski definition) is 1. The van der Waals surface area contributed by atoms with Gasteiger partial charge in [0.15, 0.2) is 0 Å². The van der Waals surface area contributed by atoms with Crippen molar-refractivity contribution in [3.63, 3.8) is 0 Å². The summed E-state index contributed by atoms with van der Waals surface area (Å²) in [5.41, 5.74) is -0.412. The zero-order valence-electron chi connectivity index (χ0n) is 7.22. The smallest absolute Gasteiger partial charge is 0.106 e. The standard InChI is InChI=1S/C10H10BrClO/c1-3-10(2,13)8-5-4-7(11)6-9(8)12/h3-6,13H,1H2,2H3. The van der Waals surface area contributed by atoms with Crippen LogP contribution < -0.4 is 0 Å². The summed E-state index contributed by atoms with van der Waals surface area (Å²) in [6.07, 6.45) is 1.46. The molecule has 1 N–H and O–H groups in total. The first kappa shape index (κ1) is 10.8. The van der Waals surface area contributed by atoms with E-state index in [1.165, 1.54) is 6.08 Å². The van der Waals surface area contributed by atoms with E-state index in [9.17, 15) is 5.11 Å². The minimum absolute atomic E-state index is 0.527. The largest absolute Gasteiger partial charge is 0.381 e. The molecular weight excluding hydrogens is 251 g/mol. The molecule has 3 heteroatoms. The lowest BCUT2D eigenvalue weighted by Crippen LogP contribution is -2.17. The van der Waals surface area contributed by atoms with Gasteiger partial charge in [0.1, 0.15) is 5.60 Å². The lowest BCUT2D eigenvalue weighted by atomic mass is 9.96. The average Bonchev–Trinajstić information content (AvgIpc) is 2.03. The highest BCUT2D eigenvalue weighted by molar-refractivity contribution is 9.10. The highest BCUT2D eigenvalue weighted by Gasteiger charge is 2.21. The van der Waals surface area contributed by atoms with Gasteiger partial charge in [0.05, 0.1) is 0 Å². The SMILES string of the molecule is C=CC(C)(O)c1ccc(Br)cc1Cl. The minimum atomic E-state index is -1.07. The van der Waals surface area contributed by atoms with Crippen LogP contribution >= 0.6 is 27.5 Å². The van der Waals surface area contributed by atoms with E-state index < -0.39 is 5.60 Å². The lowest BCUT2D eigenvalue weighted by molar-refractivity contribution is 0.112. The van der Waals surface area contributed by atoms with Gasteiger partial charge in [-0.15, -0.1) is 0 Å². The fourth-order valence-corrected chi connectivity index (χ4v) is 1.87. The van der Waals surface area contributed by atoms with Crippen molar-refractivity contribution in [1.29, 1.82) is 0 Å². The van der Waals surface area contributed by atoms with Crippen LogP contribution in [0.4, 0.5) is 0 Å². The Morgan fingerprint density at radius 2 is 2.23 bits per heavy atom. The Bertz CT molecular complexity index is 334. The molecule has 0 aliphatic carbocycles. The summed E-state index contributed by atoms with van der Waals surface area (Å²) in [5.74, 6) is 0. The highest BCUT2D eigenvalue weighted by Crippen LogP contribution is 2.30. The predicted octanol–water partition coefficient (Wildman–Crippen LogP) is 3.50. The van der Waals surface area contributed by atoms with Gasteiger partial charge in [-0.25, -0.2) is 0 Å². The molecule has 1 nitrogen and oxygen atoms in total. The zero-order chi connectivity index (χ0) is 10.1. The maximum Gasteiger partial charge on any atom is 0.106 e. The molecule has 1 unspecified atom stereocenters. The first-order chi connectivity index (χ1) is 5.97. The third-order valence-electron chi connectivity index (χ3n) is 1.87. The van der Waals surface area contributed by atoms with E-state index in [0.29, 0.717) is 10.6 Å². The van der Waals surface area contributed by atoms with Gasteiger partial charge in [-0.05, 0) is 19.1 Å². The highest BCUT2D eigenvalue weighted by atomic mass is 79.9. The van der Waals surface area contributed by atoms with Gasteiger partial charge in [0.2, 0.25) is 0 Å². The van der Waals surface area contributed by atoms with Gasteiger partial charge >= 0.3 is 0 Å². The summed E-state index contributed by atoms with van der Waals surface area (Å²) in [7, 11) is 0. The average molecular weight is 262 g/mol.